The molecule has 0 bridgehead atoms. The van der Waals surface area contributed by atoms with Crippen LogP contribution in [0.25, 0.3) is 108 Å². The lowest BCUT2D eigenvalue weighted by Crippen LogP contribution is -2.15. The number of furan rings is 1. The fourth-order valence-corrected chi connectivity index (χ4v) is 10.5. The average Bonchev–Trinajstić information content (AvgIpc) is 3.85. The molecule has 4 nitrogen and oxygen atoms in total. The van der Waals surface area contributed by atoms with Gasteiger partial charge in [-0.15, -0.1) is 11.3 Å². The average molecular weight is 744 g/mol. The molecule has 13 rings (SSSR count). The lowest BCUT2D eigenvalue weighted by atomic mass is 9.87. The molecule has 0 radical (unpaired) electrons. The topological polar surface area (TPSA) is 42.2 Å². The Morgan fingerprint density at radius 3 is 2.04 bits per heavy atom. The Morgan fingerprint density at radius 2 is 1.09 bits per heavy atom. The Balaban J connectivity index is 1.09. The molecule has 0 spiro atoms. The molecule has 0 unspecified atom stereocenters. The monoisotopic (exact) mass is 743 g/mol. The first kappa shape index (κ1) is 30.9. The van der Waals surface area contributed by atoms with Crippen molar-refractivity contribution in [2.45, 2.75) is 0 Å². The van der Waals surface area contributed by atoms with Crippen LogP contribution in [0.5, 0.6) is 0 Å². The van der Waals surface area contributed by atoms with E-state index in [0.29, 0.717) is 5.82 Å². The van der Waals surface area contributed by atoms with Gasteiger partial charge < -0.3 is 9.32 Å². The van der Waals surface area contributed by atoms with Crippen LogP contribution in [0.15, 0.2) is 180 Å². The van der Waals surface area contributed by atoms with Crippen molar-refractivity contribution in [2.24, 2.45) is 0 Å². The third-order valence-electron chi connectivity index (χ3n) is 11.8. The molecule has 4 heterocycles. The number of hydrogen-bond donors (Lipinski definition) is 0. The molecule has 3 aromatic heterocycles. The predicted molar refractivity (Wildman–Crippen MR) is 239 cm³/mol. The van der Waals surface area contributed by atoms with E-state index in [-0.39, 0.29) is 0 Å². The van der Waals surface area contributed by atoms with Crippen molar-refractivity contribution in [3.63, 3.8) is 0 Å². The molecule has 0 saturated heterocycles. The minimum absolute atomic E-state index is 0.700. The number of nitrogens with zero attached hydrogens (tertiary/aromatic N) is 3. The highest BCUT2D eigenvalue weighted by atomic mass is 32.1. The Morgan fingerprint density at radius 1 is 0.421 bits per heavy atom. The van der Waals surface area contributed by atoms with Crippen LogP contribution in [-0.2, 0) is 0 Å². The molecular formula is C52H29N3OS. The normalized spacial score (nSPS) is 12.5. The van der Waals surface area contributed by atoms with E-state index in [0.717, 1.165) is 70.8 Å². The van der Waals surface area contributed by atoms with Crippen LogP contribution in [-0.4, -0.2) is 9.97 Å². The van der Waals surface area contributed by atoms with Gasteiger partial charge >= 0.3 is 0 Å². The summed E-state index contributed by atoms with van der Waals surface area (Å²) in [5.74, 6) is 0.700. The van der Waals surface area contributed by atoms with Gasteiger partial charge in [-0.25, -0.2) is 9.97 Å². The van der Waals surface area contributed by atoms with Gasteiger partial charge in [0, 0.05) is 48.3 Å². The van der Waals surface area contributed by atoms with Gasteiger partial charge in [0.05, 0.1) is 33.0 Å². The number of anilines is 3. The highest BCUT2D eigenvalue weighted by Gasteiger charge is 2.29. The maximum Gasteiger partial charge on any atom is 0.161 e. The zero-order valence-electron chi connectivity index (χ0n) is 30.4. The molecule has 5 heteroatoms. The molecule has 57 heavy (non-hydrogen) atoms. The molecule has 0 aliphatic carbocycles. The van der Waals surface area contributed by atoms with Crippen molar-refractivity contribution in [2.75, 3.05) is 4.90 Å². The van der Waals surface area contributed by atoms with Gasteiger partial charge in [0.25, 0.3) is 0 Å². The van der Waals surface area contributed by atoms with Crippen LogP contribution in [0.4, 0.5) is 17.1 Å². The standard InChI is InChI=1S/C52H29N3OS/c1-2-15-32-30(12-1)28-29-42-47(32)38-21-7-13-31-14-8-24-41(46(31)38)55(42)40-23-10-18-33-34(40)19-9-20-35(33)52-53-49-37-17-4-6-27-45(37)57-51(49)50(54-52)39-22-11-26-44-48(39)36-16-3-5-25-43(36)56-44/h1-29H. The van der Waals surface area contributed by atoms with Gasteiger partial charge in [-0.2, -0.15) is 0 Å². The maximum absolute atomic E-state index is 6.38. The molecule has 1 aliphatic heterocycles. The summed E-state index contributed by atoms with van der Waals surface area (Å²) < 4.78 is 8.64. The van der Waals surface area contributed by atoms with Crippen LogP contribution in [0.1, 0.15) is 0 Å². The molecule has 0 N–H and O–H groups in total. The first-order chi connectivity index (χ1) is 28.3. The number of hydrogen-bond acceptors (Lipinski definition) is 5. The van der Waals surface area contributed by atoms with Gasteiger partial charge in [-0.05, 0) is 63.5 Å². The van der Waals surface area contributed by atoms with E-state index in [2.05, 4.69) is 169 Å². The number of fused-ring (bicyclic) bond motifs is 11. The minimum Gasteiger partial charge on any atom is -0.456 e. The maximum atomic E-state index is 6.38. The fraction of sp³-hybridized carbons (Fsp3) is 0. The minimum atomic E-state index is 0.700. The molecule has 0 amide bonds. The SMILES string of the molecule is c1ccc2c3c(ccc2c1)N(c1cccc2c(-c4nc(-c5cccc6oc7ccccc7c56)c5sc6ccccc6c5n4)cccc12)c1cccc2cccc-3c12. The van der Waals surface area contributed by atoms with E-state index in [9.17, 15) is 0 Å². The second kappa shape index (κ2) is 11.6. The molecule has 1 aliphatic rings. The summed E-state index contributed by atoms with van der Waals surface area (Å²) in [5, 5.41) is 10.5. The molecular weight excluding hydrogens is 715 g/mol. The van der Waals surface area contributed by atoms with Gasteiger partial charge in [-0.1, -0.05) is 140 Å². The summed E-state index contributed by atoms with van der Waals surface area (Å²) in [4.78, 5) is 13.4. The summed E-state index contributed by atoms with van der Waals surface area (Å²) in [7, 11) is 0. The van der Waals surface area contributed by atoms with Gasteiger partial charge in [-0.3, -0.25) is 0 Å². The van der Waals surface area contributed by atoms with Crippen molar-refractivity contribution < 1.29 is 4.42 Å². The summed E-state index contributed by atoms with van der Waals surface area (Å²) in [6, 6.07) is 63.0. The number of para-hydroxylation sites is 1. The summed E-state index contributed by atoms with van der Waals surface area (Å²) in [5.41, 5.74) is 11.6. The van der Waals surface area contributed by atoms with Crippen LogP contribution >= 0.6 is 11.3 Å². The van der Waals surface area contributed by atoms with Crippen LogP contribution < -0.4 is 4.90 Å². The zero-order valence-corrected chi connectivity index (χ0v) is 31.2. The third-order valence-corrected chi connectivity index (χ3v) is 13.0. The van der Waals surface area contributed by atoms with E-state index in [1.807, 2.05) is 12.1 Å². The van der Waals surface area contributed by atoms with Gasteiger partial charge in [0.1, 0.15) is 11.2 Å². The quantitative estimate of drug-likeness (QED) is 0.181. The third kappa shape index (κ3) is 4.32. The van der Waals surface area contributed by atoms with Crippen molar-refractivity contribution in [1.82, 2.24) is 9.97 Å². The van der Waals surface area contributed by atoms with E-state index < -0.39 is 0 Å². The zero-order chi connectivity index (χ0) is 37.2. The summed E-state index contributed by atoms with van der Waals surface area (Å²) >= 11 is 1.75. The smallest absolute Gasteiger partial charge is 0.161 e. The Kier molecular flexibility index (Phi) is 6.29. The second-order valence-corrected chi connectivity index (χ2v) is 15.9. The molecule has 12 aromatic rings. The van der Waals surface area contributed by atoms with Crippen molar-refractivity contribution >= 4 is 103 Å². The van der Waals surface area contributed by atoms with E-state index in [1.165, 1.54) is 48.7 Å². The number of rotatable bonds is 3. The van der Waals surface area contributed by atoms with Crippen molar-refractivity contribution in [1.29, 1.82) is 0 Å². The van der Waals surface area contributed by atoms with Gasteiger partial charge in [0.2, 0.25) is 0 Å². The first-order valence-corrected chi connectivity index (χ1v) is 20.1. The predicted octanol–water partition coefficient (Wildman–Crippen LogP) is 15.0. The highest BCUT2D eigenvalue weighted by Crippen LogP contribution is 2.54. The first-order valence-electron chi connectivity index (χ1n) is 19.2. The number of benzene rings is 9. The molecule has 9 aromatic carbocycles. The molecule has 0 saturated carbocycles. The largest absolute Gasteiger partial charge is 0.456 e. The molecule has 0 fully saturated rings. The van der Waals surface area contributed by atoms with Crippen LogP contribution in [0, 0.1) is 0 Å². The molecule has 264 valence electrons. The summed E-state index contributed by atoms with van der Waals surface area (Å²) in [6.45, 7) is 0. The van der Waals surface area contributed by atoms with Crippen LogP contribution in [0.3, 0.4) is 0 Å². The lowest BCUT2D eigenvalue weighted by Gasteiger charge is -2.35. The lowest BCUT2D eigenvalue weighted by molar-refractivity contribution is 0.669. The second-order valence-electron chi connectivity index (χ2n) is 14.8. The number of thiophene rings is 1. The van der Waals surface area contributed by atoms with Gasteiger partial charge in [0.15, 0.2) is 5.82 Å². The van der Waals surface area contributed by atoms with Crippen LogP contribution in [0.2, 0.25) is 0 Å². The fourth-order valence-electron chi connectivity index (χ4n) is 9.38. The number of aromatic nitrogens is 2. The highest BCUT2D eigenvalue weighted by molar-refractivity contribution is 7.26. The molecule has 0 atom stereocenters. The van der Waals surface area contributed by atoms with Crippen molar-refractivity contribution in [3.05, 3.63) is 176 Å². The Bertz CT molecular complexity index is 3670. The van der Waals surface area contributed by atoms with E-state index >= 15 is 0 Å². The summed E-state index contributed by atoms with van der Waals surface area (Å²) in [6.07, 6.45) is 0. The van der Waals surface area contributed by atoms with Crippen molar-refractivity contribution in [3.8, 4) is 33.8 Å². The Labute approximate surface area is 330 Å². The van der Waals surface area contributed by atoms with E-state index in [4.69, 9.17) is 14.4 Å². The van der Waals surface area contributed by atoms with E-state index in [1.54, 1.807) is 11.3 Å². The Hall–Kier alpha value is -7.34.